The van der Waals surface area contributed by atoms with Gasteiger partial charge in [0.2, 0.25) is 10.2 Å². The Morgan fingerprint density at radius 3 is 1.68 bits per heavy atom. The third kappa shape index (κ3) is 6.25. The summed E-state index contributed by atoms with van der Waals surface area (Å²) in [4.78, 5) is 21.8. The first-order valence-electron chi connectivity index (χ1n) is 7.71. The summed E-state index contributed by atoms with van der Waals surface area (Å²) in [7, 11) is 0. The number of thiol groups is 2. The van der Waals surface area contributed by atoms with Gasteiger partial charge in [-0.05, 0) is 17.5 Å². The van der Waals surface area contributed by atoms with Gasteiger partial charge >= 0.3 is 0 Å². The fourth-order valence-electron chi connectivity index (χ4n) is 2.28. The van der Waals surface area contributed by atoms with E-state index in [2.05, 4.69) is 37.4 Å². The number of rotatable bonds is 4. The molecular weight excluding hydrogens is 348 g/mol. The van der Waals surface area contributed by atoms with Crippen LogP contribution in [-0.4, -0.2) is 10.2 Å². The van der Waals surface area contributed by atoms with Crippen LogP contribution in [0.3, 0.4) is 0 Å². The van der Waals surface area contributed by atoms with Crippen molar-refractivity contribution in [2.24, 2.45) is 0 Å². The Bertz CT molecular complexity index is 831. The maximum Gasteiger partial charge on any atom is 0.216 e. The molecule has 0 saturated carbocycles. The Morgan fingerprint density at radius 2 is 1.16 bits per heavy atom. The highest BCUT2D eigenvalue weighted by Gasteiger charge is 2.06. The number of benzene rings is 3. The summed E-state index contributed by atoms with van der Waals surface area (Å²) in [6.45, 7) is 0. The van der Waals surface area contributed by atoms with Crippen LogP contribution in [0.25, 0.3) is 0 Å². The molecule has 2 nitrogen and oxygen atoms in total. The first-order valence-corrected chi connectivity index (χ1v) is 8.61. The second kappa shape index (κ2) is 9.87. The van der Waals surface area contributed by atoms with Gasteiger partial charge < -0.3 is 0 Å². The predicted octanol–water partition coefficient (Wildman–Crippen LogP) is 5.10. The molecule has 3 aromatic carbocycles. The van der Waals surface area contributed by atoms with Crippen LogP contribution in [0.5, 0.6) is 0 Å². The Hall–Kier alpha value is -2.30. The molecule has 0 aliphatic carbocycles. The van der Waals surface area contributed by atoms with E-state index in [1.165, 1.54) is 5.56 Å². The van der Waals surface area contributed by atoms with Gasteiger partial charge in [0.05, 0.1) is 0 Å². The van der Waals surface area contributed by atoms with Crippen LogP contribution in [0.2, 0.25) is 0 Å². The first-order chi connectivity index (χ1) is 12.1. The van der Waals surface area contributed by atoms with E-state index in [4.69, 9.17) is 0 Å². The van der Waals surface area contributed by atoms with Crippen LogP contribution in [0.15, 0.2) is 84.9 Å². The predicted molar refractivity (Wildman–Crippen MR) is 109 cm³/mol. The van der Waals surface area contributed by atoms with Crippen molar-refractivity contribution in [1.29, 1.82) is 0 Å². The summed E-state index contributed by atoms with van der Waals surface area (Å²) in [5.74, 6) is 0. The van der Waals surface area contributed by atoms with Gasteiger partial charge in [-0.2, -0.15) is 0 Å². The van der Waals surface area contributed by atoms with Gasteiger partial charge in [0.15, 0.2) is 0 Å². The minimum absolute atomic E-state index is 0.175. The summed E-state index contributed by atoms with van der Waals surface area (Å²) in [6.07, 6.45) is 0.767. The van der Waals surface area contributed by atoms with E-state index in [0.717, 1.165) is 12.0 Å². The lowest BCUT2D eigenvalue weighted by molar-refractivity contribution is 0.108. The van der Waals surface area contributed by atoms with Crippen molar-refractivity contribution < 1.29 is 9.59 Å². The molecule has 3 rings (SSSR count). The molecule has 4 heteroatoms. The quantitative estimate of drug-likeness (QED) is 0.630. The summed E-state index contributed by atoms with van der Waals surface area (Å²) < 4.78 is 0. The highest BCUT2D eigenvalue weighted by atomic mass is 32.1. The lowest BCUT2D eigenvalue weighted by Gasteiger charge is -2.06. The van der Waals surface area contributed by atoms with Crippen molar-refractivity contribution >= 4 is 35.5 Å². The molecule has 0 saturated heterocycles. The van der Waals surface area contributed by atoms with Gasteiger partial charge in [-0.3, -0.25) is 9.59 Å². The van der Waals surface area contributed by atoms with Crippen molar-refractivity contribution in [3.05, 3.63) is 107 Å². The second-order valence-electron chi connectivity index (χ2n) is 5.30. The van der Waals surface area contributed by atoms with E-state index in [-0.39, 0.29) is 10.2 Å². The SMILES string of the molecule is O=C(S)c1ccccc1.O=C(S)c1ccccc1Cc1ccccc1. The van der Waals surface area contributed by atoms with Crippen LogP contribution in [0, 0.1) is 0 Å². The van der Waals surface area contributed by atoms with E-state index in [1.807, 2.05) is 60.7 Å². The van der Waals surface area contributed by atoms with Gasteiger partial charge in [0.1, 0.15) is 0 Å². The number of carbonyl (C=O) groups excluding carboxylic acids is 2. The molecule has 3 aromatic rings. The molecule has 0 aromatic heterocycles. The lowest BCUT2D eigenvalue weighted by Crippen LogP contribution is -1.98. The summed E-state index contributed by atoms with van der Waals surface area (Å²) in [5.41, 5.74) is 3.55. The monoisotopic (exact) mass is 366 g/mol. The Kier molecular flexibility index (Phi) is 7.51. The average molecular weight is 367 g/mol. The van der Waals surface area contributed by atoms with E-state index >= 15 is 0 Å². The number of hydrogen-bond donors (Lipinski definition) is 2. The zero-order valence-corrected chi connectivity index (χ0v) is 15.3. The molecule has 0 aliphatic rings. The Labute approximate surface area is 158 Å². The minimum atomic E-state index is -0.185. The third-order valence-corrected chi connectivity index (χ3v) is 4.01. The topological polar surface area (TPSA) is 34.1 Å². The van der Waals surface area contributed by atoms with Crippen molar-refractivity contribution in [3.63, 3.8) is 0 Å². The Morgan fingerprint density at radius 1 is 0.640 bits per heavy atom. The molecule has 0 atom stereocenters. The van der Waals surface area contributed by atoms with Gasteiger partial charge in [0, 0.05) is 11.1 Å². The zero-order valence-electron chi connectivity index (χ0n) is 13.5. The molecule has 0 aliphatic heterocycles. The molecule has 0 bridgehead atoms. The molecule has 0 fully saturated rings. The molecule has 0 radical (unpaired) electrons. The zero-order chi connectivity index (χ0) is 18.1. The van der Waals surface area contributed by atoms with E-state index in [9.17, 15) is 9.59 Å². The standard InChI is InChI=1S/C14H12OS.C7H6OS/c15-14(16)13-9-5-4-8-12(13)10-11-6-2-1-3-7-11;8-7(9)6-4-2-1-3-5-6/h1-9H,10H2,(H,15,16);1-5H,(H,8,9). The molecule has 0 heterocycles. The van der Waals surface area contributed by atoms with Crippen LogP contribution in [0.1, 0.15) is 31.8 Å². The van der Waals surface area contributed by atoms with Gasteiger partial charge in [-0.1, -0.05) is 84.9 Å². The van der Waals surface area contributed by atoms with E-state index in [0.29, 0.717) is 11.1 Å². The van der Waals surface area contributed by atoms with Crippen LogP contribution in [-0.2, 0) is 6.42 Å². The highest BCUT2D eigenvalue weighted by Crippen LogP contribution is 2.15. The molecule has 0 amide bonds. The summed E-state index contributed by atoms with van der Waals surface area (Å²) in [6, 6.07) is 26.6. The normalized spacial score (nSPS) is 9.68. The smallest absolute Gasteiger partial charge is 0.216 e. The number of carbonyl (C=O) groups is 2. The average Bonchev–Trinajstić information content (AvgIpc) is 2.64. The maximum absolute atomic E-state index is 11.3. The molecule has 0 spiro atoms. The van der Waals surface area contributed by atoms with Crippen LogP contribution < -0.4 is 0 Å². The fraction of sp³-hybridized carbons (Fsp3) is 0.0476. The van der Waals surface area contributed by atoms with Crippen molar-refractivity contribution in [1.82, 2.24) is 0 Å². The summed E-state index contributed by atoms with van der Waals surface area (Å²) in [5, 5.41) is -0.359. The fourth-order valence-corrected chi connectivity index (χ4v) is 2.65. The van der Waals surface area contributed by atoms with Crippen molar-refractivity contribution in [3.8, 4) is 0 Å². The lowest BCUT2D eigenvalue weighted by atomic mass is 10.0. The van der Waals surface area contributed by atoms with Gasteiger partial charge in [-0.25, -0.2) is 0 Å². The van der Waals surface area contributed by atoms with Crippen LogP contribution >= 0.6 is 25.3 Å². The van der Waals surface area contributed by atoms with Crippen LogP contribution in [0.4, 0.5) is 0 Å². The van der Waals surface area contributed by atoms with E-state index < -0.39 is 0 Å². The van der Waals surface area contributed by atoms with E-state index in [1.54, 1.807) is 12.1 Å². The second-order valence-corrected chi connectivity index (χ2v) is 6.11. The highest BCUT2D eigenvalue weighted by molar-refractivity contribution is 7.97. The van der Waals surface area contributed by atoms with Gasteiger partial charge in [-0.15, -0.1) is 25.3 Å². The maximum atomic E-state index is 11.3. The molecular formula is C21H18O2S2. The number of hydrogen-bond acceptors (Lipinski definition) is 2. The largest absolute Gasteiger partial charge is 0.282 e. The molecule has 126 valence electrons. The minimum Gasteiger partial charge on any atom is -0.282 e. The molecule has 0 N–H and O–H groups in total. The Balaban J connectivity index is 0.000000212. The van der Waals surface area contributed by atoms with Crippen molar-refractivity contribution in [2.45, 2.75) is 6.42 Å². The summed E-state index contributed by atoms with van der Waals surface area (Å²) >= 11 is 7.53. The molecule has 0 unspecified atom stereocenters. The molecule has 25 heavy (non-hydrogen) atoms. The van der Waals surface area contributed by atoms with Gasteiger partial charge in [0.25, 0.3) is 0 Å². The van der Waals surface area contributed by atoms with Crippen molar-refractivity contribution in [2.75, 3.05) is 0 Å². The first kappa shape index (κ1) is 19.0. The third-order valence-electron chi connectivity index (χ3n) is 3.51.